The highest BCUT2D eigenvalue weighted by molar-refractivity contribution is 6.18. The van der Waals surface area contributed by atoms with Crippen molar-refractivity contribution >= 4 is 49.6 Å². The zero-order chi connectivity index (χ0) is 35.8. The van der Waals surface area contributed by atoms with E-state index in [-0.39, 0.29) is 0 Å². The zero-order valence-corrected chi connectivity index (χ0v) is 29.7. The van der Waals surface area contributed by atoms with Gasteiger partial charge >= 0.3 is 0 Å². The molecule has 2 nitrogen and oxygen atoms in total. The molecule has 0 N–H and O–H groups in total. The maximum absolute atomic E-state index is 2.49. The molecule has 0 aliphatic carbocycles. The highest BCUT2D eigenvalue weighted by Gasteiger charge is 2.25. The third kappa shape index (κ3) is 5.27. The van der Waals surface area contributed by atoms with E-state index in [0.717, 1.165) is 28.3 Å². The lowest BCUT2D eigenvalue weighted by Gasteiger charge is -2.30. The summed E-state index contributed by atoms with van der Waals surface area (Å²) < 4.78 is 2.47. The second-order valence-electron chi connectivity index (χ2n) is 13.7. The molecule has 1 heterocycles. The van der Waals surface area contributed by atoms with Gasteiger partial charge in [-0.15, -0.1) is 0 Å². The number of hydrogen-bond acceptors (Lipinski definition) is 1. The van der Waals surface area contributed by atoms with Crippen molar-refractivity contribution in [3.05, 3.63) is 218 Å². The summed E-state index contributed by atoms with van der Waals surface area (Å²) in [4.78, 5) is 2.49. The van der Waals surface area contributed by atoms with Crippen LogP contribution in [0.3, 0.4) is 0 Å². The Labute approximate surface area is 315 Å². The molecule has 0 aliphatic rings. The van der Waals surface area contributed by atoms with Crippen LogP contribution in [0.5, 0.6) is 0 Å². The summed E-state index contributed by atoms with van der Waals surface area (Å²) in [5.41, 5.74) is 13.9. The van der Waals surface area contributed by atoms with E-state index in [0.29, 0.717) is 0 Å². The Hall–Kier alpha value is -7.16. The second kappa shape index (κ2) is 13.4. The molecule has 254 valence electrons. The van der Waals surface area contributed by atoms with Crippen molar-refractivity contribution in [2.75, 3.05) is 4.90 Å². The molecule has 0 saturated carbocycles. The van der Waals surface area contributed by atoms with E-state index in [1.165, 1.54) is 60.4 Å². The average Bonchev–Trinajstić information content (AvgIpc) is 3.59. The number of benzene rings is 9. The molecule has 0 aliphatic heterocycles. The van der Waals surface area contributed by atoms with Gasteiger partial charge < -0.3 is 9.47 Å². The summed E-state index contributed by atoms with van der Waals surface area (Å²) in [5, 5.41) is 4.89. The van der Waals surface area contributed by atoms with E-state index in [1.54, 1.807) is 0 Å². The largest absolute Gasteiger partial charge is 0.309 e. The van der Waals surface area contributed by atoms with Crippen LogP contribution in [0.25, 0.3) is 71.6 Å². The maximum atomic E-state index is 2.49. The van der Waals surface area contributed by atoms with Crippen LogP contribution < -0.4 is 4.90 Å². The quantitative estimate of drug-likeness (QED) is 0.162. The molecule has 54 heavy (non-hydrogen) atoms. The van der Waals surface area contributed by atoms with Crippen molar-refractivity contribution in [3.63, 3.8) is 0 Å². The summed E-state index contributed by atoms with van der Waals surface area (Å²) in [6, 6.07) is 78.9. The average molecular weight is 689 g/mol. The molecule has 10 rings (SSSR count). The first-order valence-electron chi connectivity index (χ1n) is 18.5. The molecular formula is C52H36N2. The van der Waals surface area contributed by atoms with Crippen LogP contribution in [-0.2, 0) is 0 Å². The molecule has 0 radical (unpaired) electrons. The predicted molar refractivity (Wildman–Crippen MR) is 229 cm³/mol. The monoisotopic (exact) mass is 688 g/mol. The minimum Gasteiger partial charge on any atom is -0.309 e. The lowest BCUT2D eigenvalue weighted by Crippen LogP contribution is -2.13. The summed E-state index contributed by atoms with van der Waals surface area (Å²) in [5.74, 6) is 0. The number of para-hydroxylation sites is 4. The number of anilines is 3. The SMILES string of the molecule is c1ccc(-c2ccccc2N(c2ccccc2-c2ccccc2)c2cccc3c2c2ccccc2n3-c2ccccc2-c2cccc3ccccc23)cc1. The molecule has 0 saturated heterocycles. The summed E-state index contributed by atoms with van der Waals surface area (Å²) in [6.07, 6.45) is 0. The van der Waals surface area contributed by atoms with Crippen LogP contribution in [0.2, 0.25) is 0 Å². The summed E-state index contributed by atoms with van der Waals surface area (Å²) in [7, 11) is 0. The van der Waals surface area contributed by atoms with Gasteiger partial charge in [0, 0.05) is 27.5 Å². The van der Waals surface area contributed by atoms with E-state index >= 15 is 0 Å². The van der Waals surface area contributed by atoms with Crippen molar-refractivity contribution in [1.29, 1.82) is 0 Å². The van der Waals surface area contributed by atoms with Crippen LogP contribution in [0, 0.1) is 0 Å². The maximum Gasteiger partial charge on any atom is 0.0562 e. The van der Waals surface area contributed by atoms with E-state index in [2.05, 4.69) is 228 Å². The molecular weight excluding hydrogens is 653 g/mol. The van der Waals surface area contributed by atoms with Gasteiger partial charge in [0.05, 0.1) is 33.8 Å². The molecule has 0 bridgehead atoms. The third-order valence-corrected chi connectivity index (χ3v) is 10.6. The van der Waals surface area contributed by atoms with Crippen molar-refractivity contribution in [2.24, 2.45) is 0 Å². The number of hydrogen-bond donors (Lipinski definition) is 0. The van der Waals surface area contributed by atoms with E-state index in [4.69, 9.17) is 0 Å². The minimum absolute atomic E-state index is 1.12. The molecule has 9 aromatic carbocycles. The van der Waals surface area contributed by atoms with Crippen molar-refractivity contribution in [3.8, 4) is 39.1 Å². The number of aromatic nitrogens is 1. The van der Waals surface area contributed by atoms with Gasteiger partial charge in [0.2, 0.25) is 0 Å². The molecule has 0 atom stereocenters. The van der Waals surface area contributed by atoms with Crippen LogP contribution in [0.15, 0.2) is 218 Å². The van der Waals surface area contributed by atoms with Gasteiger partial charge in [0.25, 0.3) is 0 Å². The van der Waals surface area contributed by atoms with E-state index in [9.17, 15) is 0 Å². The third-order valence-electron chi connectivity index (χ3n) is 10.6. The Morgan fingerprint density at radius 2 is 0.759 bits per heavy atom. The fourth-order valence-electron chi connectivity index (χ4n) is 8.25. The van der Waals surface area contributed by atoms with Crippen LogP contribution in [0.1, 0.15) is 0 Å². The summed E-state index contributed by atoms with van der Waals surface area (Å²) >= 11 is 0. The Bertz CT molecular complexity index is 2850. The first kappa shape index (κ1) is 31.6. The van der Waals surface area contributed by atoms with Gasteiger partial charge in [0.15, 0.2) is 0 Å². The smallest absolute Gasteiger partial charge is 0.0562 e. The molecule has 0 amide bonds. The zero-order valence-electron chi connectivity index (χ0n) is 29.7. The highest BCUT2D eigenvalue weighted by atomic mass is 15.2. The Morgan fingerprint density at radius 3 is 1.46 bits per heavy atom. The van der Waals surface area contributed by atoms with Gasteiger partial charge in [-0.1, -0.05) is 182 Å². The lowest BCUT2D eigenvalue weighted by molar-refractivity contribution is 1.18. The van der Waals surface area contributed by atoms with E-state index in [1.807, 2.05) is 0 Å². The molecule has 10 aromatic rings. The van der Waals surface area contributed by atoms with Crippen LogP contribution >= 0.6 is 0 Å². The van der Waals surface area contributed by atoms with Gasteiger partial charge in [-0.2, -0.15) is 0 Å². The fraction of sp³-hybridized carbons (Fsp3) is 0. The minimum atomic E-state index is 1.12. The van der Waals surface area contributed by atoms with Crippen molar-refractivity contribution < 1.29 is 0 Å². The first-order valence-corrected chi connectivity index (χ1v) is 18.5. The number of nitrogens with zero attached hydrogens (tertiary/aromatic N) is 2. The molecule has 0 spiro atoms. The predicted octanol–water partition coefficient (Wildman–Crippen LogP) is 14.4. The molecule has 1 aromatic heterocycles. The highest BCUT2D eigenvalue weighted by Crippen LogP contribution is 2.49. The second-order valence-corrected chi connectivity index (χ2v) is 13.7. The molecule has 2 heteroatoms. The van der Waals surface area contributed by atoms with Crippen molar-refractivity contribution in [2.45, 2.75) is 0 Å². The number of rotatable bonds is 7. The first-order chi connectivity index (χ1) is 26.8. The molecule has 0 unspecified atom stereocenters. The Morgan fingerprint density at radius 1 is 0.296 bits per heavy atom. The lowest BCUT2D eigenvalue weighted by atomic mass is 9.97. The van der Waals surface area contributed by atoms with Crippen molar-refractivity contribution in [1.82, 2.24) is 4.57 Å². The van der Waals surface area contributed by atoms with E-state index < -0.39 is 0 Å². The van der Waals surface area contributed by atoms with Gasteiger partial charge in [-0.25, -0.2) is 0 Å². The Kier molecular flexibility index (Phi) is 7.85. The normalized spacial score (nSPS) is 11.3. The standard InChI is InChI=1S/C52H36N2/c1-3-19-38(20-4-1)41-26-9-13-31-46(41)53(47-32-14-10-27-42(47)39-21-5-2-6-22-39)50-35-18-36-51-52(50)45-29-12-16-34-49(45)54(51)48-33-15-11-28-44(48)43-30-17-24-37-23-7-8-25-40(37)43/h1-36H. The molecule has 0 fully saturated rings. The summed E-state index contributed by atoms with van der Waals surface area (Å²) in [6.45, 7) is 0. The van der Waals surface area contributed by atoms with Gasteiger partial charge in [0.1, 0.15) is 0 Å². The van der Waals surface area contributed by atoms with Crippen LogP contribution in [-0.4, -0.2) is 4.57 Å². The van der Waals surface area contributed by atoms with Gasteiger partial charge in [-0.05, 0) is 63.9 Å². The van der Waals surface area contributed by atoms with Gasteiger partial charge in [-0.3, -0.25) is 0 Å². The topological polar surface area (TPSA) is 8.17 Å². The number of fused-ring (bicyclic) bond motifs is 4. The Balaban J connectivity index is 1.30. The van der Waals surface area contributed by atoms with Crippen LogP contribution in [0.4, 0.5) is 17.1 Å². The fourth-order valence-corrected chi connectivity index (χ4v) is 8.25.